The summed E-state index contributed by atoms with van der Waals surface area (Å²) in [5.41, 5.74) is 2.16. The van der Waals surface area contributed by atoms with Crippen LogP contribution in [-0.4, -0.2) is 32.2 Å². The topological polar surface area (TPSA) is 78.9 Å². The maximum Gasteiger partial charge on any atom is 0.255 e. The summed E-state index contributed by atoms with van der Waals surface area (Å²) in [6, 6.07) is 16.5. The number of nitrogens with zero attached hydrogens (tertiary/aromatic N) is 1. The van der Waals surface area contributed by atoms with Gasteiger partial charge in [0.25, 0.3) is 5.91 Å². The van der Waals surface area contributed by atoms with Gasteiger partial charge in [-0.2, -0.15) is 0 Å². The number of carbonyl (C=O) groups is 1. The van der Waals surface area contributed by atoms with Crippen LogP contribution >= 0.6 is 0 Å². The first-order chi connectivity index (χ1) is 14.7. The van der Waals surface area contributed by atoms with Crippen molar-refractivity contribution in [2.45, 2.75) is 13.2 Å². The first kappa shape index (κ1) is 21.0. The fraction of sp³-hybridized carbons (Fsp3) is 0.217. The standard InChI is InChI=1S/C23H24N2O5/c1-27-20-12-11-19(21(28-2)22(20)29-3)23(26)25-14-16-7-9-18(10-8-16)30-15-17-6-4-5-13-24-17/h4-13H,14-15H2,1-3H3,(H,25,26). The molecule has 1 N–H and O–H groups in total. The molecule has 0 atom stereocenters. The van der Waals surface area contributed by atoms with E-state index in [2.05, 4.69) is 10.3 Å². The molecule has 7 nitrogen and oxygen atoms in total. The molecule has 1 amide bonds. The molecule has 3 aromatic rings. The van der Waals surface area contributed by atoms with Crippen LogP contribution in [0.4, 0.5) is 0 Å². The lowest BCUT2D eigenvalue weighted by Crippen LogP contribution is -2.23. The highest BCUT2D eigenvalue weighted by Gasteiger charge is 2.20. The average molecular weight is 408 g/mol. The maximum absolute atomic E-state index is 12.7. The molecular weight excluding hydrogens is 384 g/mol. The summed E-state index contributed by atoms with van der Waals surface area (Å²) in [5.74, 6) is 1.66. The van der Waals surface area contributed by atoms with Crippen LogP contribution in [0.5, 0.6) is 23.0 Å². The zero-order valence-electron chi connectivity index (χ0n) is 17.2. The van der Waals surface area contributed by atoms with E-state index in [4.69, 9.17) is 18.9 Å². The summed E-state index contributed by atoms with van der Waals surface area (Å²) < 4.78 is 21.7. The Morgan fingerprint density at radius 3 is 2.30 bits per heavy atom. The average Bonchev–Trinajstić information content (AvgIpc) is 2.81. The number of aromatic nitrogens is 1. The Hall–Kier alpha value is -3.74. The first-order valence-corrected chi connectivity index (χ1v) is 9.35. The lowest BCUT2D eigenvalue weighted by Gasteiger charge is -2.15. The van der Waals surface area contributed by atoms with E-state index in [1.54, 1.807) is 18.3 Å². The molecule has 0 unspecified atom stereocenters. The summed E-state index contributed by atoms with van der Waals surface area (Å²) in [5, 5.41) is 2.89. The number of hydrogen-bond donors (Lipinski definition) is 1. The quantitative estimate of drug-likeness (QED) is 0.583. The molecule has 0 aliphatic rings. The van der Waals surface area contributed by atoms with Crippen LogP contribution in [0, 0.1) is 0 Å². The molecule has 0 spiro atoms. The molecular formula is C23H24N2O5. The number of amides is 1. The normalized spacial score (nSPS) is 10.2. The Morgan fingerprint density at radius 2 is 1.67 bits per heavy atom. The van der Waals surface area contributed by atoms with Gasteiger partial charge in [-0.25, -0.2) is 0 Å². The zero-order chi connectivity index (χ0) is 21.3. The second-order valence-electron chi connectivity index (χ2n) is 6.32. The summed E-state index contributed by atoms with van der Waals surface area (Å²) >= 11 is 0. The molecule has 0 bridgehead atoms. The van der Waals surface area contributed by atoms with Crippen LogP contribution in [0.1, 0.15) is 21.6 Å². The Labute approximate surface area is 175 Å². The van der Waals surface area contributed by atoms with Gasteiger partial charge in [0, 0.05) is 12.7 Å². The van der Waals surface area contributed by atoms with Gasteiger partial charge in [-0.3, -0.25) is 9.78 Å². The van der Waals surface area contributed by atoms with Crippen molar-refractivity contribution in [3.8, 4) is 23.0 Å². The fourth-order valence-corrected chi connectivity index (χ4v) is 2.90. The largest absolute Gasteiger partial charge is 0.493 e. The third-order valence-electron chi connectivity index (χ3n) is 4.44. The fourth-order valence-electron chi connectivity index (χ4n) is 2.90. The lowest BCUT2D eigenvalue weighted by molar-refractivity contribution is 0.0947. The van der Waals surface area contributed by atoms with Gasteiger partial charge in [0.2, 0.25) is 5.75 Å². The summed E-state index contributed by atoms with van der Waals surface area (Å²) in [6.07, 6.45) is 1.73. The van der Waals surface area contributed by atoms with Crippen molar-refractivity contribution in [3.63, 3.8) is 0 Å². The van der Waals surface area contributed by atoms with Crippen molar-refractivity contribution in [2.75, 3.05) is 21.3 Å². The highest BCUT2D eigenvalue weighted by atomic mass is 16.5. The van der Waals surface area contributed by atoms with Crippen molar-refractivity contribution in [3.05, 3.63) is 77.6 Å². The molecule has 0 fully saturated rings. The van der Waals surface area contributed by atoms with E-state index in [1.165, 1.54) is 21.3 Å². The molecule has 156 valence electrons. The minimum absolute atomic E-state index is 0.275. The van der Waals surface area contributed by atoms with E-state index < -0.39 is 0 Å². The number of rotatable bonds is 9. The van der Waals surface area contributed by atoms with E-state index in [9.17, 15) is 4.79 Å². The third kappa shape index (κ3) is 5.00. The second-order valence-corrected chi connectivity index (χ2v) is 6.32. The number of pyridine rings is 1. The molecule has 7 heteroatoms. The number of methoxy groups -OCH3 is 3. The van der Waals surface area contributed by atoms with Crippen molar-refractivity contribution in [1.82, 2.24) is 10.3 Å². The van der Waals surface area contributed by atoms with Gasteiger partial charge in [0.05, 0.1) is 32.6 Å². The van der Waals surface area contributed by atoms with Gasteiger partial charge in [-0.1, -0.05) is 18.2 Å². The molecule has 1 aromatic heterocycles. The molecule has 0 aliphatic heterocycles. The minimum atomic E-state index is -0.275. The van der Waals surface area contributed by atoms with E-state index in [0.29, 0.717) is 36.0 Å². The number of nitrogens with one attached hydrogen (secondary N) is 1. The number of hydrogen-bond acceptors (Lipinski definition) is 6. The van der Waals surface area contributed by atoms with Crippen LogP contribution in [0.25, 0.3) is 0 Å². The first-order valence-electron chi connectivity index (χ1n) is 9.35. The molecule has 0 saturated heterocycles. The van der Waals surface area contributed by atoms with Gasteiger partial charge in [-0.15, -0.1) is 0 Å². The highest BCUT2D eigenvalue weighted by Crippen LogP contribution is 2.39. The molecule has 0 radical (unpaired) electrons. The van der Waals surface area contributed by atoms with Crippen LogP contribution in [0.3, 0.4) is 0 Å². The van der Waals surface area contributed by atoms with Gasteiger partial charge in [0.15, 0.2) is 11.5 Å². The number of carbonyl (C=O) groups excluding carboxylic acids is 1. The Bertz CT molecular complexity index is 975. The predicted octanol–water partition coefficient (Wildman–Crippen LogP) is 3.62. The van der Waals surface area contributed by atoms with Crippen LogP contribution in [0.15, 0.2) is 60.8 Å². The predicted molar refractivity (Wildman–Crippen MR) is 112 cm³/mol. The molecule has 3 rings (SSSR count). The number of benzene rings is 2. The monoisotopic (exact) mass is 408 g/mol. The smallest absolute Gasteiger partial charge is 0.255 e. The SMILES string of the molecule is COc1ccc(C(=O)NCc2ccc(OCc3ccccn3)cc2)c(OC)c1OC. The molecule has 1 heterocycles. The van der Waals surface area contributed by atoms with Crippen LogP contribution < -0.4 is 24.3 Å². The van der Waals surface area contributed by atoms with E-state index in [0.717, 1.165) is 17.0 Å². The van der Waals surface area contributed by atoms with Gasteiger partial charge in [0.1, 0.15) is 12.4 Å². The van der Waals surface area contributed by atoms with Gasteiger partial charge >= 0.3 is 0 Å². The van der Waals surface area contributed by atoms with Gasteiger partial charge < -0.3 is 24.3 Å². The van der Waals surface area contributed by atoms with Crippen molar-refractivity contribution < 1.29 is 23.7 Å². The van der Waals surface area contributed by atoms with Crippen LogP contribution in [0.2, 0.25) is 0 Å². The molecule has 0 saturated carbocycles. The van der Waals surface area contributed by atoms with Crippen molar-refractivity contribution in [1.29, 1.82) is 0 Å². The van der Waals surface area contributed by atoms with Crippen molar-refractivity contribution >= 4 is 5.91 Å². The maximum atomic E-state index is 12.7. The lowest BCUT2D eigenvalue weighted by atomic mass is 10.1. The number of ether oxygens (including phenoxy) is 4. The summed E-state index contributed by atoms with van der Waals surface area (Å²) in [6.45, 7) is 0.757. The molecule has 30 heavy (non-hydrogen) atoms. The highest BCUT2D eigenvalue weighted by molar-refractivity contribution is 5.98. The summed E-state index contributed by atoms with van der Waals surface area (Å²) in [4.78, 5) is 16.9. The third-order valence-corrected chi connectivity index (χ3v) is 4.44. The van der Waals surface area contributed by atoms with Gasteiger partial charge in [-0.05, 0) is 42.0 Å². The summed E-state index contributed by atoms with van der Waals surface area (Å²) in [7, 11) is 4.51. The zero-order valence-corrected chi connectivity index (χ0v) is 17.2. The van der Waals surface area contributed by atoms with Crippen molar-refractivity contribution in [2.24, 2.45) is 0 Å². The molecule has 2 aromatic carbocycles. The van der Waals surface area contributed by atoms with E-state index in [1.807, 2.05) is 42.5 Å². The Kier molecular flexibility index (Phi) is 7.10. The second kappa shape index (κ2) is 10.2. The van der Waals surface area contributed by atoms with E-state index in [-0.39, 0.29) is 5.91 Å². The molecule has 0 aliphatic carbocycles. The Morgan fingerprint density at radius 1 is 0.900 bits per heavy atom. The van der Waals surface area contributed by atoms with Crippen LogP contribution in [-0.2, 0) is 13.2 Å². The Balaban J connectivity index is 1.61. The van der Waals surface area contributed by atoms with E-state index >= 15 is 0 Å². The minimum Gasteiger partial charge on any atom is -0.493 e.